The van der Waals surface area contributed by atoms with Crippen molar-refractivity contribution in [3.05, 3.63) is 4.91 Å². The molecule has 8 unspecified atom stereocenters. The zero-order valence-electron chi connectivity index (χ0n) is 19.0. The smallest absolute Gasteiger partial charge is 0.434 e. The van der Waals surface area contributed by atoms with E-state index in [0.717, 1.165) is 68.6 Å². The maximum Gasteiger partial charge on any atom is 0.508 e. The molecule has 0 spiro atoms. The summed E-state index contributed by atoms with van der Waals surface area (Å²) in [4.78, 5) is 22.7. The summed E-state index contributed by atoms with van der Waals surface area (Å²) in [6.45, 7) is 1.79. The lowest BCUT2D eigenvalue weighted by molar-refractivity contribution is 0.00325. The Hall–Kier alpha value is -1.17. The van der Waals surface area contributed by atoms with Crippen molar-refractivity contribution in [2.75, 3.05) is 26.4 Å². The Morgan fingerprint density at radius 3 is 1.58 bits per heavy atom. The molecule has 0 heterocycles. The molecule has 0 aromatic rings. The minimum atomic E-state index is -0.492. The lowest BCUT2D eigenvalue weighted by Gasteiger charge is -2.41. The van der Waals surface area contributed by atoms with E-state index in [9.17, 15) is 14.8 Å². The first-order valence-corrected chi connectivity index (χ1v) is 12.8. The van der Waals surface area contributed by atoms with Gasteiger partial charge in [0.05, 0.1) is 19.8 Å². The van der Waals surface area contributed by atoms with Crippen LogP contribution in [0.15, 0.2) is 5.18 Å². The Labute approximate surface area is 186 Å². The first-order chi connectivity index (χ1) is 15.1. The average molecular weight is 436 g/mol. The van der Waals surface area contributed by atoms with Gasteiger partial charge in [0.2, 0.25) is 0 Å². The SMILES string of the molecule is O=NCC1CCC2CC(COC(=O)OCC3CCC4CC(CO)CCC4C3)CCC2C1. The van der Waals surface area contributed by atoms with Gasteiger partial charge in [0.25, 0.3) is 0 Å². The number of carbonyl (C=O) groups is 1. The monoisotopic (exact) mass is 435 g/mol. The second kappa shape index (κ2) is 11.1. The Morgan fingerprint density at radius 1 is 0.677 bits per heavy atom. The van der Waals surface area contributed by atoms with Gasteiger partial charge in [0.15, 0.2) is 0 Å². The van der Waals surface area contributed by atoms with Gasteiger partial charge in [-0.15, -0.1) is 0 Å². The third-order valence-corrected chi connectivity index (χ3v) is 9.13. The van der Waals surface area contributed by atoms with Gasteiger partial charge >= 0.3 is 6.16 Å². The van der Waals surface area contributed by atoms with Crippen LogP contribution in [0.4, 0.5) is 4.79 Å². The van der Waals surface area contributed by atoms with Crippen LogP contribution in [0.1, 0.15) is 77.0 Å². The molecule has 0 aliphatic heterocycles. The Kier molecular flexibility index (Phi) is 8.24. The summed E-state index contributed by atoms with van der Waals surface area (Å²) < 4.78 is 11.0. The molecule has 0 aromatic heterocycles. The molecule has 6 heteroatoms. The molecule has 0 saturated heterocycles. The molecule has 4 aliphatic carbocycles. The molecular weight excluding hydrogens is 394 g/mol. The summed E-state index contributed by atoms with van der Waals surface area (Å²) in [5, 5.41) is 12.5. The molecular formula is C25H41NO5. The highest BCUT2D eigenvalue weighted by Gasteiger charge is 2.37. The first kappa shape index (κ1) is 23.0. The molecule has 0 radical (unpaired) electrons. The van der Waals surface area contributed by atoms with Gasteiger partial charge in [-0.1, -0.05) is 5.18 Å². The van der Waals surface area contributed by atoms with Crippen molar-refractivity contribution < 1.29 is 19.4 Å². The largest absolute Gasteiger partial charge is 0.508 e. The number of hydrogen-bond acceptors (Lipinski definition) is 6. The zero-order chi connectivity index (χ0) is 21.6. The number of aliphatic hydroxyl groups excluding tert-OH is 1. The molecule has 4 fully saturated rings. The second-order valence-electron chi connectivity index (χ2n) is 11.1. The van der Waals surface area contributed by atoms with Gasteiger partial charge in [-0.25, -0.2) is 4.79 Å². The number of fused-ring (bicyclic) bond motifs is 2. The molecule has 0 bridgehead atoms. The molecule has 0 aromatic carbocycles. The van der Waals surface area contributed by atoms with E-state index in [1.165, 1.54) is 32.1 Å². The quantitative estimate of drug-likeness (QED) is 0.418. The van der Waals surface area contributed by atoms with Gasteiger partial charge < -0.3 is 14.6 Å². The number of hydrogen-bond donors (Lipinski definition) is 1. The lowest BCUT2D eigenvalue weighted by Crippen LogP contribution is -2.34. The van der Waals surface area contributed by atoms with Gasteiger partial charge in [-0.3, -0.25) is 0 Å². The van der Waals surface area contributed by atoms with E-state index in [4.69, 9.17) is 9.47 Å². The van der Waals surface area contributed by atoms with Crippen LogP contribution >= 0.6 is 0 Å². The maximum absolute atomic E-state index is 12.2. The predicted molar refractivity (Wildman–Crippen MR) is 118 cm³/mol. The molecule has 4 saturated carbocycles. The Bertz CT molecular complexity index is 598. The minimum Gasteiger partial charge on any atom is -0.434 e. The topological polar surface area (TPSA) is 85.2 Å². The van der Waals surface area contributed by atoms with E-state index >= 15 is 0 Å². The van der Waals surface area contributed by atoms with Crippen molar-refractivity contribution in [3.8, 4) is 0 Å². The van der Waals surface area contributed by atoms with Crippen LogP contribution in [0.25, 0.3) is 0 Å². The number of rotatable bonds is 7. The van der Waals surface area contributed by atoms with Crippen LogP contribution in [-0.2, 0) is 9.47 Å². The molecule has 0 amide bonds. The highest BCUT2D eigenvalue weighted by atomic mass is 16.7. The van der Waals surface area contributed by atoms with E-state index in [1.807, 2.05) is 0 Å². The van der Waals surface area contributed by atoms with Gasteiger partial charge in [0, 0.05) is 6.61 Å². The van der Waals surface area contributed by atoms with Gasteiger partial charge in [0.1, 0.15) is 0 Å². The van der Waals surface area contributed by atoms with Crippen LogP contribution < -0.4 is 0 Å². The van der Waals surface area contributed by atoms with Crippen LogP contribution in [0.2, 0.25) is 0 Å². The van der Waals surface area contributed by atoms with Gasteiger partial charge in [-0.2, -0.15) is 4.91 Å². The maximum atomic E-state index is 12.2. The van der Waals surface area contributed by atoms with Crippen molar-refractivity contribution in [1.82, 2.24) is 0 Å². The fourth-order valence-electron chi connectivity index (χ4n) is 7.32. The van der Waals surface area contributed by atoms with E-state index < -0.39 is 6.16 Å². The van der Waals surface area contributed by atoms with Crippen molar-refractivity contribution >= 4 is 6.16 Å². The van der Waals surface area contributed by atoms with E-state index in [2.05, 4.69) is 5.18 Å². The first-order valence-electron chi connectivity index (χ1n) is 12.8. The summed E-state index contributed by atoms with van der Waals surface area (Å²) in [6, 6.07) is 0. The highest BCUT2D eigenvalue weighted by Crippen LogP contribution is 2.46. The van der Waals surface area contributed by atoms with Crippen LogP contribution in [-0.4, -0.2) is 37.6 Å². The standard InChI is InChI=1S/C25H41NO5/c27-14-18-2-6-24-12-20(4-8-22(24)10-18)16-31-25(28)30-15-19-3-7-21-9-17(13-26-29)1-5-23(21)11-19/h17-24,27H,1-16H2. The van der Waals surface area contributed by atoms with Crippen molar-refractivity contribution in [2.24, 2.45) is 52.5 Å². The Balaban J connectivity index is 1.11. The molecule has 6 nitrogen and oxygen atoms in total. The van der Waals surface area contributed by atoms with Crippen LogP contribution in [0, 0.1) is 52.3 Å². The summed E-state index contributed by atoms with van der Waals surface area (Å²) in [5.41, 5.74) is 0. The molecule has 31 heavy (non-hydrogen) atoms. The number of carbonyl (C=O) groups excluding carboxylic acids is 1. The molecule has 176 valence electrons. The zero-order valence-corrected chi connectivity index (χ0v) is 19.0. The predicted octanol–water partition coefficient (Wildman–Crippen LogP) is 5.56. The Morgan fingerprint density at radius 2 is 1.10 bits per heavy atom. The fourth-order valence-corrected chi connectivity index (χ4v) is 7.32. The number of nitroso groups, excluding NO2 is 1. The molecule has 4 aliphatic rings. The highest BCUT2D eigenvalue weighted by molar-refractivity contribution is 5.59. The van der Waals surface area contributed by atoms with Crippen molar-refractivity contribution in [2.45, 2.75) is 77.0 Å². The minimum absolute atomic E-state index is 0.335. The molecule has 1 N–H and O–H groups in total. The molecule has 8 atom stereocenters. The average Bonchev–Trinajstić information content (AvgIpc) is 2.81. The summed E-state index contributed by atoms with van der Waals surface area (Å²) in [7, 11) is 0. The normalized spacial score (nSPS) is 40.3. The van der Waals surface area contributed by atoms with Gasteiger partial charge in [-0.05, 0) is 124 Å². The number of aliphatic hydroxyl groups is 1. The van der Waals surface area contributed by atoms with Crippen molar-refractivity contribution in [1.29, 1.82) is 0 Å². The summed E-state index contributed by atoms with van der Waals surface area (Å²) in [6.07, 6.45) is 13.4. The van der Waals surface area contributed by atoms with E-state index in [0.29, 0.717) is 50.0 Å². The number of ether oxygens (including phenoxy) is 2. The van der Waals surface area contributed by atoms with Crippen LogP contribution in [0.3, 0.4) is 0 Å². The van der Waals surface area contributed by atoms with Crippen LogP contribution in [0.5, 0.6) is 0 Å². The fraction of sp³-hybridized carbons (Fsp3) is 0.960. The van der Waals surface area contributed by atoms with Crippen molar-refractivity contribution in [3.63, 3.8) is 0 Å². The number of nitrogens with zero attached hydrogens (tertiary/aromatic N) is 1. The molecule has 4 rings (SSSR count). The summed E-state index contributed by atoms with van der Waals surface area (Å²) >= 11 is 0. The lowest BCUT2D eigenvalue weighted by atomic mass is 9.65. The third kappa shape index (κ3) is 6.21. The third-order valence-electron chi connectivity index (χ3n) is 9.13. The van der Waals surface area contributed by atoms with E-state index in [1.54, 1.807) is 0 Å². The summed E-state index contributed by atoms with van der Waals surface area (Å²) in [5.74, 6) is 4.85. The van der Waals surface area contributed by atoms with E-state index in [-0.39, 0.29) is 0 Å². The second-order valence-corrected chi connectivity index (χ2v) is 11.1.